The zero-order valence-electron chi connectivity index (χ0n) is 28.9. The first kappa shape index (κ1) is 40.0. The molecule has 0 aromatic carbocycles. The molecular weight excluding hydrogens is 701 g/mol. The number of halogens is 1. The maximum atomic E-state index is 17.7. The highest BCUT2D eigenvalue weighted by Crippen LogP contribution is 2.71. The molecule has 19 nitrogen and oxygen atoms in total. The maximum absolute atomic E-state index is 17.7. The highest BCUT2D eigenvalue weighted by molar-refractivity contribution is 5.94. The van der Waals surface area contributed by atoms with E-state index >= 15 is 4.39 Å². The van der Waals surface area contributed by atoms with Gasteiger partial charge in [0.15, 0.2) is 23.7 Å². The van der Waals surface area contributed by atoms with Gasteiger partial charge in [-0.2, -0.15) is 0 Å². The van der Waals surface area contributed by atoms with Gasteiger partial charge in [0, 0.05) is 41.9 Å². The van der Waals surface area contributed by atoms with Gasteiger partial charge in [0.05, 0.1) is 12.7 Å². The van der Waals surface area contributed by atoms with E-state index in [0.717, 1.165) is 0 Å². The second kappa shape index (κ2) is 15.5. The number of allylic oxidation sites excluding steroid dienone is 4. The van der Waals surface area contributed by atoms with Crippen LogP contribution in [-0.4, -0.2) is 87.2 Å². The van der Waals surface area contributed by atoms with Crippen molar-refractivity contribution in [2.45, 2.75) is 102 Å². The average Bonchev–Trinajstić information content (AvgIpc) is 3.27. The summed E-state index contributed by atoms with van der Waals surface area (Å²) in [5.74, 6) is -5.22. The third kappa shape index (κ3) is 7.42. The van der Waals surface area contributed by atoms with E-state index < -0.39 is 118 Å². The van der Waals surface area contributed by atoms with E-state index in [2.05, 4.69) is 14.5 Å². The molecule has 4 rings (SSSR count). The molecule has 0 aromatic heterocycles. The first-order valence-electron chi connectivity index (χ1n) is 16.9. The van der Waals surface area contributed by atoms with Crippen LogP contribution in [0.2, 0.25) is 0 Å². The van der Waals surface area contributed by atoms with Gasteiger partial charge in [-0.3, -0.25) is 19.2 Å². The molecule has 3 unspecified atom stereocenters. The van der Waals surface area contributed by atoms with Crippen molar-refractivity contribution in [2.24, 2.45) is 28.6 Å². The minimum atomic E-state index is -2.25. The number of carbonyl (C=O) groups excluding carboxylic acids is 4. The molecule has 0 amide bonds. The Balaban J connectivity index is 1.57. The van der Waals surface area contributed by atoms with E-state index in [-0.39, 0.29) is 50.7 Å². The van der Waals surface area contributed by atoms with Crippen LogP contribution < -0.4 is 0 Å². The summed E-state index contributed by atoms with van der Waals surface area (Å²) in [5.41, 5.74) is -6.48. The quantitative estimate of drug-likeness (QED) is 0.0695. The Hall–Kier alpha value is -4.75. The third-order valence-electron chi connectivity index (χ3n) is 11.4. The fourth-order valence-corrected chi connectivity index (χ4v) is 9.12. The summed E-state index contributed by atoms with van der Waals surface area (Å²) >= 11 is 0. The number of aliphatic hydroxyl groups excluding tert-OH is 1. The van der Waals surface area contributed by atoms with Crippen molar-refractivity contribution in [3.05, 3.63) is 54.1 Å². The van der Waals surface area contributed by atoms with E-state index in [0.29, 0.717) is 5.57 Å². The van der Waals surface area contributed by atoms with Crippen molar-refractivity contribution in [1.29, 1.82) is 0 Å². The van der Waals surface area contributed by atoms with Crippen LogP contribution in [0.3, 0.4) is 0 Å². The first-order chi connectivity index (χ1) is 24.3. The first-order valence-corrected chi connectivity index (χ1v) is 16.9. The van der Waals surface area contributed by atoms with Crippen molar-refractivity contribution < 1.29 is 67.9 Å². The van der Waals surface area contributed by atoms with E-state index in [4.69, 9.17) is 9.47 Å². The normalized spacial score (nSPS) is 33.6. The summed E-state index contributed by atoms with van der Waals surface area (Å²) in [4.78, 5) is 97.1. The average molecular weight is 744 g/mol. The largest absolute Gasteiger partial charge is 0.457 e. The number of carbonyl (C=O) groups is 4. The number of nitrogens with zero attached hydrogens (tertiary/aromatic N) is 3. The highest BCUT2D eigenvalue weighted by Gasteiger charge is 2.77. The summed E-state index contributed by atoms with van der Waals surface area (Å²) < 4.78 is 29.0. The Bertz CT molecular complexity index is 1540. The number of ether oxygens (including phenoxy) is 2. The molecule has 0 radical (unpaired) electrons. The molecule has 4 aliphatic carbocycles. The van der Waals surface area contributed by atoms with Gasteiger partial charge in [-0.15, -0.1) is 30.3 Å². The topological polar surface area (TPSA) is 264 Å². The zero-order valence-corrected chi connectivity index (χ0v) is 28.9. The lowest BCUT2D eigenvalue weighted by atomic mass is 9.45. The monoisotopic (exact) mass is 743 g/mol. The van der Waals surface area contributed by atoms with Crippen molar-refractivity contribution in [2.75, 3.05) is 19.8 Å². The molecule has 4 aliphatic rings. The van der Waals surface area contributed by atoms with Crippen LogP contribution in [0.15, 0.2) is 23.8 Å². The number of rotatable bonds is 18. The standard InChI is InChI=1S/C32H42FN3O16/c1-19-14-24-23-10-9-20-15-21(37)11-12-29(20,2)31(23,33)25(38)16-30(24,3)32(19,51-28(41)8-5-13-49-34(42)43)26(39)18-48-27(40)7-4-6-22(52-36(46)47)17-50-35(44)45/h9,11-12,19,22-25,38H,4-8,10,13-18H2,1-3H3/t19-,22?,23?,24?,25-,29-,30-,31-,32-/m0/s1. The molecule has 0 aromatic rings. The number of ketones is 2. The molecule has 2 saturated carbocycles. The fraction of sp³-hybridized carbons (Fsp3) is 0.750. The van der Waals surface area contributed by atoms with Crippen molar-refractivity contribution in [3.63, 3.8) is 0 Å². The van der Waals surface area contributed by atoms with Crippen molar-refractivity contribution in [1.82, 2.24) is 0 Å². The third-order valence-corrected chi connectivity index (χ3v) is 11.4. The Morgan fingerprint density at radius 2 is 1.69 bits per heavy atom. The smallest absolute Gasteiger partial charge is 0.306 e. The maximum Gasteiger partial charge on any atom is 0.306 e. The number of hydrogen-bond acceptors (Lipinski definition) is 16. The summed E-state index contributed by atoms with van der Waals surface area (Å²) in [6.07, 6.45) is 0.202. The molecule has 0 spiro atoms. The number of esters is 2. The molecule has 0 heterocycles. The summed E-state index contributed by atoms with van der Waals surface area (Å²) in [6.45, 7) is 2.77. The predicted molar refractivity (Wildman–Crippen MR) is 169 cm³/mol. The van der Waals surface area contributed by atoms with Gasteiger partial charge in [-0.25, -0.2) is 4.39 Å². The molecule has 0 bridgehead atoms. The van der Waals surface area contributed by atoms with Gasteiger partial charge in [0.2, 0.25) is 5.78 Å². The molecule has 20 heteroatoms. The molecule has 2 fully saturated rings. The van der Waals surface area contributed by atoms with Crippen LogP contribution >= 0.6 is 0 Å². The summed E-state index contributed by atoms with van der Waals surface area (Å²) in [6, 6.07) is 0. The molecular formula is C32H42FN3O16. The zero-order chi connectivity index (χ0) is 38.6. The molecule has 288 valence electrons. The van der Waals surface area contributed by atoms with Crippen molar-refractivity contribution >= 4 is 23.5 Å². The second-order valence-corrected chi connectivity index (χ2v) is 14.2. The second-order valence-electron chi connectivity index (χ2n) is 14.2. The van der Waals surface area contributed by atoms with Gasteiger partial charge in [-0.1, -0.05) is 31.6 Å². The molecule has 0 saturated heterocycles. The van der Waals surface area contributed by atoms with Gasteiger partial charge in [-0.05, 0) is 57.4 Å². The van der Waals surface area contributed by atoms with Crippen LogP contribution in [0.1, 0.15) is 78.6 Å². The number of alkyl halides is 1. The number of Topliss-reactive ketones (excluding diaryl/α,β-unsaturated/α-hetero) is 1. The molecule has 0 aliphatic heterocycles. The van der Waals surface area contributed by atoms with Gasteiger partial charge < -0.3 is 29.1 Å². The molecule has 1 N–H and O–H groups in total. The lowest BCUT2D eigenvalue weighted by Crippen LogP contribution is -2.69. The van der Waals surface area contributed by atoms with Gasteiger partial charge in [0.25, 0.3) is 15.3 Å². The predicted octanol–water partition coefficient (Wildman–Crippen LogP) is 2.94. The SMILES string of the molecule is C[C@H]1CC2C3CC=C4CC(=O)C=C[C@]4(C)[C@@]3(F)[C@@H](O)C[C@]2(C)[C@@]1(OC(=O)CCCO[N+](=O)[O-])C(=O)COC(=O)CCCC(CO[N+](=O)[O-])O[N+](=O)[O-]. The fourth-order valence-electron chi connectivity index (χ4n) is 9.12. The van der Waals surface area contributed by atoms with Crippen molar-refractivity contribution in [3.8, 4) is 0 Å². The Morgan fingerprint density at radius 1 is 1.02 bits per heavy atom. The Morgan fingerprint density at radius 3 is 2.35 bits per heavy atom. The van der Waals surface area contributed by atoms with E-state index in [1.54, 1.807) is 26.8 Å². The summed E-state index contributed by atoms with van der Waals surface area (Å²) in [5, 5.41) is 40.2. The number of aliphatic hydroxyl groups is 1. The van der Waals surface area contributed by atoms with Crippen LogP contribution in [0, 0.1) is 58.9 Å². The minimum Gasteiger partial charge on any atom is -0.457 e. The number of fused-ring (bicyclic) bond motifs is 5. The van der Waals surface area contributed by atoms with E-state index in [9.17, 15) is 54.6 Å². The molecule has 52 heavy (non-hydrogen) atoms. The van der Waals surface area contributed by atoms with Gasteiger partial charge in [0.1, 0.15) is 12.7 Å². The van der Waals surface area contributed by atoms with E-state index in [1.165, 1.54) is 12.2 Å². The lowest BCUT2D eigenvalue weighted by Gasteiger charge is -2.62. The lowest BCUT2D eigenvalue weighted by molar-refractivity contribution is -0.790. The van der Waals surface area contributed by atoms with Crippen LogP contribution in [0.5, 0.6) is 0 Å². The van der Waals surface area contributed by atoms with Crippen LogP contribution in [0.4, 0.5) is 4.39 Å². The number of hydrogen-bond donors (Lipinski definition) is 1. The van der Waals surface area contributed by atoms with Crippen LogP contribution in [-0.2, 0) is 43.2 Å². The Labute approximate surface area is 296 Å². The highest BCUT2D eigenvalue weighted by atomic mass is 19.1. The Kier molecular flexibility index (Phi) is 11.9. The van der Waals surface area contributed by atoms with Crippen LogP contribution in [0.25, 0.3) is 0 Å². The molecule has 9 atom stereocenters. The van der Waals surface area contributed by atoms with E-state index in [1.807, 2.05) is 0 Å². The minimum absolute atomic E-state index is 0.00190. The van der Waals surface area contributed by atoms with Gasteiger partial charge >= 0.3 is 11.9 Å². The summed E-state index contributed by atoms with van der Waals surface area (Å²) in [7, 11) is 0.